The largest absolute Gasteiger partial charge is 0.352 e. The Balaban J connectivity index is 2.29. The van der Waals surface area contributed by atoms with Crippen molar-refractivity contribution in [3.05, 3.63) is 71.3 Å². The van der Waals surface area contributed by atoms with Gasteiger partial charge < -0.3 is 10.2 Å². The van der Waals surface area contributed by atoms with Crippen molar-refractivity contribution in [1.82, 2.24) is 10.2 Å². The van der Waals surface area contributed by atoms with Crippen LogP contribution in [0.15, 0.2) is 48.5 Å². The Bertz CT molecular complexity index is 824. The molecule has 0 aliphatic carbocycles. The average molecular weight is 402 g/mol. The van der Waals surface area contributed by atoms with Gasteiger partial charge in [-0.15, -0.1) is 0 Å². The van der Waals surface area contributed by atoms with Gasteiger partial charge >= 0.3 is 0 Å². The van der Waals surface area contributed by atoms with Crippen molar-refractivity contribution in [3.63, 3.8) is 0 Å². The second-order valence-electron chi connectivity index (χ2n) is 7.16. The van der Waals surface area contributed by atoms with Crippen LogP contribution in [-0.2, 0) is 22.6 Å². The third-order valence-corrected chi connectivity index (χ3v) is 4.95. The highest BCUT2D eigenvalue weighted by Crippen LogP contribution is 2.16. The molecular formula is C23H28F2N2O2. The van der Waals surface area contributed by atoms with Crippen LogP contribution >= 0.6 is 0 Å². The summed E-state index contributed by atoms with van der Waals surface area (Å²) in [5, 5.41) is 2.92. The van der Waals surface area contributed by atoms with Crippen LogP contribution in [0.3, 0.4) is 0 Å². The lowest BCUT2D eigenvalue weighted by Gasteiger charge is -2.31. The first-order valence-electron chi connectivity index (χ1n) is 9.93. The van der Waals surface area contributed by atoms with Crippen LogP contribution in [0.1, 0.15) is 44.7 Å². The summed E-state index contributed by atoms with van der Waals surface area (Å²) in [4.78, 5) is 27.4. The van der Waals surface area contributed by atoms with E-state index in [2.05, 4.69) is 5.32 Å². The molecule has 0 bridgehead atoms. The van der Waals surface area contributed by atoms with E-state index < -0.39 is 11.9 Å². The minimum absolute atomic E-state index is 0.0223. The van der Waals surface area contributed by atoms with Gasteiger partial charge in [-0.05, 0) is 49.1 Å². The minimum atomic E-state index is -0.701. The van der Waals surface area contributed by atoms with Crippen LogP contribution in [0.2, 0.25) is 0 Å². The molecule has 2 rings (SSSR count). The predicted octanol–water partition coefficient (Wildman–Crippen LogP) is 4.23. The van der Waals surface area contributed by atoms with E-state index in [4.69, 9.17) is 0 Å². The summed E-state index contributed by atoms with van der Waals surface area (Å²) in [5.74, 6) is -1.43. The number of amides is 2. The van der Waals surface area contributed by atoms with Crippen molar-refractivity contribution >= 4 is 11.8 Å². The fourth-order valence-corrected chi connectivity index (χ4v) is 3.05. The summed E-state index contributed by atoms with van der Waals surface area (Å²) in [5.41, 5.74) is 0.974. The Morgan fingerprint density at radius 1 is 1.00 bits per heavy atom. The molecule has 0 aliphatic rings. The van der Waals surface area contributed by atoms with E-state index in [1.54, 1.807) is 30.3 Å². The molecule has 2 amide bonds. The number of hydrogen-bond donors (Lipinski definition) is 1. The number of carbonyl (C=O) groups is 2. The topological polar surface area (TPSA) is 49.4 Å². The van der Waals surface area contributed by atoms with Gasteiger partial charge in [0.15, 0.2) is 0 Å². The molecule has 156 valence electrons. The minimum Gasteiger partial charge on any atom is -0.352 e. The van der Waals surface area contributed by atoms with Crippen molar-refractivity contribution in [2.45, 2.75) is 58.7 Å². The molecule has 0 aromatic heterocycles. The molecule has 1 N–H and O–H groups in total. The Kier molecular flexibility index (Phi) is 8.31. The average Bonchev–Trinajstić information content (AvgIpc) is 2.70. The summed E-state index contributed by atoms with van der Waals surface area (Å²) < 4.78 is 27.3. The molecule has 6 heteroatoms. The first kappa shape index (κ1) is 22.5. The zero-order chi connectivity index (χ0) is 21.4. The molecule has 2 atom stereocenters. The highest BCUT2D eigenvalue weighted by molar-refractivity contribution is 5.88. The van der Waals surface area contributed by atoms with E-state index in [9.17, 15) is 18.4 Å². The summed E-state index contributed by atoms with van der Waals surface area (Å²) in [7, 11) is 0. The third kappa shape index (κ3) is 6.38. The molecule has 0 radical (unpaired) electrons. The highest BCUT2D eigenvalue weighted by Gasteiger charge is 2.29. The monoisotopic (exact) mass is 402 g/mol. The number of nitrogens with one attached hydrogen (secondary N) is 1. The van der Waals surface area contributed by atoms with Gasteiger partial charge in [0.25, 0.3) is 0 Å². The lowest BCUT2D eigenvalue weighted by molar-refractivity contribution is -0.141. The van der Waals surface area contributed by atoms with E-state index >= 15 is 0 Å². The number of rotatable bonds is 9. The third-order valence-electron chi connectivity index (χ3n) is 4.95. The van der Waals surface area contributed by atoms with Gasteiger partial charge in [-0.25, -0.2) is 8.78 Å². The van der Waals surface area contributed by atoms with E-state index in [1.165, 1.54) is 23.1 Å². The van der Waals surface area contributed by atoms with Crippen molar-refractivity contribution in [2.24, 2.45) is 0 Å². The lowest BCUT2D eigenvalue weighted by Crippen LogP contribution is -2.51. The normalized spacial score (nSPS) is 12.9. The van der Waals surface area contributed by atoms with E-state index in [0.717, 1.165) is 6.42 Å². The molecule has 0 saturated carbocycles. The molecule has 0 saturated heterocycles. The SMILES string of the molecule is CC[C@H](C(=O)N[C@@H](C)CC)N(Cc1ccc(F)cc1)C(=O)Cc1ccccc1F. The maximum absolute atomic E-state index is 14.1. The molecule has 0 unspecified atom stereocenters. The smallest absolute Gasteiger partial charge is 0.243 e. The zero-order valence-electron chi connectivity index (χ0n) is 17.1. The van der Waals surface area contributed by atoms with Crippen molar-refractivity contribution in [2.75, 3.05) is 0 Å². The highest BCUT2D eigenvalue weighted by atomic mass is 19.1. The molecular weight excluding hydrogens is 374 g/mol. The van der Waals surface area contributed by atoms with Crippen molar-refractivity contribution in [3.8, 4) is 0 Å². The van der Waals surface area contributed by atoms with Crippen LogP contribution in [0.4, 0.5) is 8.78 Å². The number of benzene rings is 2. The Morgan fingerprint density at radius 2 is 1.66 bits per heavy atom. The molecule has 2 aromatic rings. The van der Waals surface area contributed by atoms with E-state index in [-0.39, 0.29) is 42.2 Å². The summed E-state index contributed by atoms with van der Waals surface area (Å²) in [6, 6.07) is 11.2. The van der Waals surface area contributed by atoms with Gasteiger partial charge in [-0.1, -0.05) is 44.2 Å². The predicted molar refractivity (Wildman–Crippen MR) is 109 cm³/mol. The number of halogens is 2. The first-order valence-corrected chi connectivity index (χ1v) is 9.93. The standard InChI is InChI=1S/C23H28F2N2O2/c1-4-16(3)26-23(29)21(5-2)27(15-17-10-12-19(24)13-11-17)22(28)14-18-8-6-7-9-20(18)25/h6-13,16,21H,4-5,14-15H2,1-3H3,(H,26,29)/t16-,21+/m0/s1. The summed E-state index contributed by atoms with van der Waals surface area (Å²) in [6.07, 6.45) is 1.02. The molecule has 0 aliphatic heterocycles. The maximum atomic E-state index is 14.1. The summed E-state index contributed by atoms with van der Waals surface area (Å²) >= 11 is 0. The van der Waals surface area contributed by atoms with E-state index in [0.29, 0.717) is 12.0 Å². The summed E-state index contributed by atoms with van der Waals surface area (Å²) in [6.45, 7) is 5.83. The van der Waals surface area contributed by atoms with Crippen molar-refractivity contribution in [1.29, 1.82) is 0 Å². The molecule has 0 fully saturated rings. The van der Waals surface area contributed by atoms with Crippen LogP contribution < -0.4 is 5.32 Å². The first-order chi connectivity index (χ1) is 13.8. The Labute approximate surface area is 170 Å². The molecule has 2 aromatic carbocycles. The second kappa shape index (κ2) is 10.7. The molecule has 29 heavy (non-hydrogen) atoms. The lowest BCUT2D eigenvalue weighted by atomic mass is 10.1. The molecule has 0 heterocycles. The fraction of sp³-hybridized carbons (Fsp3) is 0.391. The van der Waals surface area contributed by atoms with E-state index in [1.807, 2.05) is 20.8 Å². The fourth-order valence-electron chi connectivity index (χ4n) is 3.05. The van der Waals surface area contributed by atoms with Crippen LogP contribution in [-0.4, -0.2) is 28.8 Å². The molecule has 0 spiro atoms. The van der Waals surface area contributed by atoms with Gasteiger partial charge in [-0.2, -0.15) is 0 Å². The van der Waals surface area contributed by atoms with Gasteiger partial charge in [0.1, 0.15) is 17.7 Å². The quantitative estimate of drug-likeness (QED) is 0.682. The van der Waals surface area contributed by atoms with Gasteiger partial charge in [0.05, 0.1) is 6.42 Å². The zero-order valence-corrected chi connectivity index (χ0v) is 17.1. The maximum Gasteiger partial charge on any atom is 0.243 e. The molecule has 4 nitrogen and oxygen atoms in total. The number of hydrogen-bond acceptors (Lipinski definition) is 2. The Morgan fingerprint density at radius 3 is 2.24 bits per heavy atom. The van der Waals surface area contributed by atoms with Crippen LogP contribution in [0, 0.1) is 11.6 Å². The van der Waals surface area contributed by atoms with Gasteiger partial charge in [-0.3, -0.25) is 9.59 Å². The number of carbonyl (C=O) groups excluding carboxylic acids is 2. The number of nitrogens with zero attached hydrogens (tertiary/aromatic N) is 1. The van der Waals surface area contributed by atoms with Crippen molar-refractivity contribution < 1.29 is 18.4 Å². The van der Waals surface area contributed by atoms with Gasteiger partial charge in [0, 0.05) is 12.6 Å². The van der Waals surface area contributed by atoms with Gasteiger partial charge in [0.2, 0.25) is 11.8 Å². The van der Waals surface area contributed by atoms with Crippen LogP contribution in [0.5, 0.6) is 0 Å². The van der Waals surface area contributed by atoms with Crippen LogP contribution in [0.25, 0.3) is 0 Å². The second-order valence-corrected chi connectivity index (χ2v) is 7.16. The Hall–Kier alpha value is -2.76.